The van der Waals surface area contributed by atoms with Gasteiger partial charge in [-0.3, -0.25) is 9.59 Å². The molecule has 2 aliphatic heterocycles. The smallest absolute Gasteiger partial charge is 0.254 e. The maximum atomic E-state index is 13.2. The van der Waals surface area contributed by atoms with Gasteiger partial charge in [-0.15, -0.1) is 0 Å². The summed E-state index contributed by atoms with van der Waals surface area (Å²) in [6.07, 6.45) is 0.711. The molecule has 1 unspecified atom stereocenters. The van der Waals surface area contributed by atoms with E-state index in [0.717, 1.165) is 0 Å². The summed E-state index contributed by atoms with van der Waals surface area (Å²) in [4.78, 5) is 29.6. The Labute approximate surface area is 181 Å². The summed E-state index contributed by atoms with van der Waals surface area (Å²) < 4.78 is 21.4. The van der Waals surface area contributed by atoms with Crippen molar-refractivity contribution in [3.63, 3.8) is 0 Å². The molecule has 1 atom stereocenters. The van der Waals surface area contributed by atoms with Crippen LogP contribution in [0, 0.1) is 0 Å². The van der Waals surface area contributed by atoms with Crippen LogP contribution in [0.3, 0.4) is 0 Å². The van der Waals surface area contributed by atoms with Gasteiger partial charge in [-0.2, -0.15) is 0 Å². The zero-order chi connectivity index (χ0) is 22.0. The number of hydrogen-bond donors (Lipinski definition) is 0. The Morgan fingerprint density at radius 3 is 1.87 bits per heavy atom. The van der Waals surface area contributed by atoms with Gasteiger partial charge in [-0.1, -0.05) is 6.92 Å². The molecule has 0 fully saturated rings. The summed E-state index contributed by atoms with van der Waals surface area (Å²) in [5.41, 5.74) is 1.06. The van der Waals surface area contributed by atoms with E-state index in [1.165, 1.54) is 0 Å². The van der Waals surface area contributed by atoms with Crippen molar-refractivity contribution >= 4 is 11.8 Å². The van der Waals surface area contributed by atoms with Gasteiger partial charge >= 0.3 is 0 Å². The van der Waals surface area contributed by atoms with E-state index in [1.807, 2.05) is 13.8 Å². The minimum absolute atomic E-state index is 0.100. The van der Waals surface area contributed by atoms with Gasteiger partial charge in [0.1, 0.15) is 0 Å². The number of ether oxygens (including phenoxy) is 4. The molecular weight excluding hydrogens is 400 g/mol. The molecule has 0 saturated carbocycles. The van der Waals surface area contributed by atoms with E-state index >= 15 is 0 Å². The van der Waals surface area contributed by atoms with E-state index in [0.29, 0.717) is 53.6 Å². The summed E-state index contributed by atoms with van der Waals surface area (Å²) in [7, 11) is 1.74. The highest BCUT2D eigenvalue weighted by Crippen LogP contribution is 2.34. The summed E-state index contributed by atoms with van der Waals surface area (Å²) in [6, 6.07) is 10.2. The lowest BCUT2D eigenvalue weighted by molar-refractivity contribution is 0.0592. The molecule has 2 aromatic carbocycles. The molecule has 2 amide bonds. The lowest BCUT2D eigenvalue weighted by Crippen LogP contribution is -2.47. The van der Waals surface area contributed by atoms with Crippen LogP contribution in [0.5, 0.6) is 23.0 Å². The molecule has 8 nitrogen and oxygen atoms in total. The molecule has 0 aliphatic carbocycles. The van der Waals surface area contributed by atoms with Crippen LogP contribution in [0.4, 0.5) is 0 Å². The van der Waals surface area contributed by atoms with Crippen molar-refractivity contribution in [1.82, 2.24) is 9.80 Å². The van der Waals surface area contributed by atoms with E-state index in [-0.39, 0.29) is 31.4 Å². The number of hydrogen-bond acceptors (Lipinski definition) is 6. The highest BCUT2D eigenvalue weighted by atomic mass is 16.7. The SMILES string of the molecule is CCC(CN(C)C(=O)c1ccc2c(c1)OCO2)N(CC)C(=O)c1ccc2c(c1)OCO2. The van der Waals surface area contributed by atoms with E-state index in [1.54, 1.807) is 53.2 Å². The average molecular weight is 426 g/mol. The zero-order valence-electron chi connectivity index (χ0n) is 17.9. The summed E-state index contributed by atoms with van der Waals surface area (Å²) in [5, 5.41) is 0. The Hall–Kier alpha value is -3.42. The number of amides is 2. The summed E-state index contributed by atoms with van der Waals surface area (Å²) in [6.45, 7) is 5.21. The van der Waals surface area contributed by atoms with Crippen LogP contribution < -0.4 is 18.9 Å². The minimum atomic E-state index is -0.136. The van der Waals surface area contributed by atoms with Crippen molar-refractivity contribution < 1.29 is 28.5 Å². The molecule has 164 valence electrons. The quantitative estimate of drug-likeness (QED) is 0.677. The molecule has 4 rings (SSSR count). The van der Waals surface area contributed by atoms with Crippen LogP contribution in [0.1, 0.15) is 41.0 Å². The van der Waals surface area contributed by atoms with Gasteiger partial charge in [0.15, 0.2) is 23.0 Å². The Balaban J connectivity index is 1.47. The second kappa shape index (κ2) is 8.75. The van der Waals surface area contributed by atoms with Crippen LogP contribution in [-0.4, -0.2) is 61.4 Å². The Morgan fingerprint density at radius 2 is 1.35 bits per heavy atom. The fourth-order valence-electron chi connectivity index (χ4n) is 3.86. The van der Waals surface area contributed by atoms with Crippen LogP contribution in [0.25, 0.3) is 0 Å². The lowest BCUT2D eigenvalue weighted by atomic mass is 10.1. The third-order valence-electron chi connectivity index (χ3n) is 5.58. The van der Waals surface area contributed by atoms with Crippen molar-refractivity contribution in [2.24, 2.45) is 0 Å². The third kappa shape index (κ3) is 4.10. The normalized spacial score (nSPS) is 14.3. The van der Waals surface area contributed by atoms with Gasteiger partial charge in [-0.05, 0) is 49.7 Å². The first-order valence-electron chi connectivity index (χ1n) is 10.4. The van der Waals surface area contributed by atoms with Crippen molar-refractivity contribution in [3.8, 4) is 23.0 Å². The number of likely N-dealkylation sites (N-methyl/N-ethyl adjacent to an activating group) is 2. The van der Waals surface area contributed by atoms with E-state index < -0.39 is 0 Å². The molecule has 0 spiro atoms. The van der Waals surface area contributed by atoms with E-state index in [9.17, 15) is 9.59 Å². The first-order chi connectivity index (χ1) is 15.0. The Bertz CT molecular complexity index is 992. The van der Waals surface area contributed by atoms with Crippen molar-refractivity contribution in [2.75, 3.05) is 33.7 Å². The van der Waals surface area contributed by atoms with Gasteiger partial charge in [0.05, 0.1) is 0 Å². The maximum Gasteiger partial charge on any atom is 0.254 e. The fraction of sp³-hybridized carbons (Fsp3) is 0.391. The predicted molar refractivity (Wildman–Crippen MR) is 113 cm³/mol. The summed E-state index contributed by atoms with van der Waals surface area (Å²) >= 11 is 0. The number of carbonyl (C=O) groups excluding carboxylic acids is 2. The standard InChI is InChI=1S/C23H26N2O6/c1-4-17(12-24(3)22(26)15-6-8-18-20(10-15)30-13-28-18)25(5-2)23(27)16-7-9-19-21(11-16)31-14-29-19/h6-11,17H,4-5,12-14H2,1-3H3. The molecule has 2 aromatic rings. The number of benzene rings is 2. The molecule has 0 aromatic heterocycles. The number of carbonyl (C=O) groups is 2. The zero-order valence-corrected chi connectivity index (χ0v) is 17.9. The summed E-state index contributed by atoms with van der Waals surface area (Å²) in [5.74, 6) is 2.18. The van der Waals surface area contributed by atoms with Crippen molar-refractivity contribution in [1.29, 1.82) is 0 Å². The average Bonchev–Trinajstić information content (AvgIpc) is 3.46. The van der Waals surface area contributed by atoms with Crippen LogP contribution >= 0.6 is 0 Å². The van der Waals surface area contributed by atoms with Gasteiger partial charge in [0, 0.05) is 37.3 Å². The molecular formula is C23H26N2O6. The fourth-order valence-corrected chi connectivity index (χ4v) is 3.86. The lowest BCUT2D eigenvalue weighted by Gasteiger charge is -2.33. The van der Waals surface area contributed by atoms with E-state index in [2.05, 4.69) is 0 Å². The maximum absolute atomic E-state index is 13.2. The predicted octanol–water partition coefficient (Wildman–Crippen LogP) is 3.16. The van der Waals surface area contributed by atoms with Crippen molar-refractivity contribution in [3.05, 3.63) is 47.5 Å². The second-order valence-corrected chi connectivity index (χ2v) is 7.47. The van der Waals surface area contributed by atoms with Gasteiger partial charge in [0.2, 0.25) is 13.6 Å². The highest BCUT2D eigenvalue weighted by Gasteiger charge is 2.27. The molecule has 0 radical (unpaired) electrons. The second-order valence-electron chi connectivity index (χ2n) is 7.47. The molecule has 8 heteroatoms. The van der Waals surface area contributed by atoms with Crippen molar-refractivity contribution in [2.45, 2.75) is 26.3 Å². The first kappa shape index (κ1) is 20.8. The highest BCUT2D eigenvalue weighted by molar-refractivity contribution is 5.96. The van der Waals surface area contributed by atoms with Crippen LogP contribution in [0.15, 0.2) is 36.4 Å². The van der Waals surface area contributed by atoms with Gasteiger partial charge in [-0.25, -0.2) is 0 Å². The number of fused-ring (bicyclic) bond motifs is 2. The Kier molecular flexibility index (Phi) is 5.88. The minimum Gasteiger partial charge on any atom is -0.454 e. The number of nitrogens with zero attached hydrogens (tertiary/aromatic N) is 2. The van der Waals surface area contributed by atoms with Gasteiger partial charge < -0.3 is 28.7 Å². The first-order valence-corrected chi connectivity index (χ1v) is 10.4. The molecule has 31 heavy (non-hydrogen) atoms. The molecule has 0 saturated heterocycles. The van der Waals surface area contributed by atoms with Gasteiger partial charge in [0.25, 0.3) is 11.8 Å². The van der Waals surface area contributed by atoms with Crippen LogP contribution in [-0.2, 0) is 0 Å². The van der Waals surface area contributed by atoms with E-state index in [4.69, 9.17) is 18.9 Å². The molecule has 0 N–H and O–H groups in total. The Morgan fingerprint density at radius 1 is 0.839 bits per heavy atom. The monoisotopic (exact) mass is 426 g/mol. The largest absolute Gasteiger partial charge is 0.454 e. The van der Waals surface area contributed by atoms with Crippen LogP contribution in [0.2, 0.25) is 0 Å². The number of rotatable bonds is 7. The topological polar surface area (TPSA) is 77.5 Å². The third-order valence-corrected chi connectivity index (χ3v) is 5.58. The molecule has 0 bridgehead atoms. The molecule has 2 heterocycles. The molecule has 2 aliphatic rings.